The van der Waals surface area contributed by atoms with Gasteiger partial charge in [-0.15, -0.1) is 0 Å². The van der Waals surface area contributed by atoms with Crippen molar-refractivity contribution in [2.24, 2.45) is 0 Å². The van der Waals surface area contributed by atoms with Crippen LogP contribution >= 0.6 is 0 Å². The van der Waals surface area contributed by atoms with Crippen molar-refractivity contribution in [3.63, 3.8) is 0 Å². The summed E-state index contributed by atoms with van der Waals surface area (Å²) >= 11 is 0. The van der Waals surface area contributed by atoms with Gasteiger partial charge in [-0.2, -0.15) is 0 Å². The van der Waals surface area contributed by atoms with Crippen molar-refractivity contribution in [1.29, 1.82) is 0 Å². The van der Waals surface area contributed by atoms with E-state index in [1.165, 1.54) is 0 Å². The highest BCUT2D eigenvalue weighted by Crippen LogP contribution is 1.93. The van der Waals surface area contributed by atoms with Crippen molar-refractivity contribution in [2.45, 2.75) is 19.8 Å². The summed E-state index contributed by atoms with van der Waals surface area (Å²) in [6.07, 6.45) is 5.33. The number of carbonyl (C=O) groups excluding carboxylic acids is 2. The van der Waals surface area contributed by atoms with E-state index in [0.29, 0.717) is 19.1 Å². The number of ether oxygens (including phenoxy) is 1. The Hall–Kier alpha value is -1.12. The molecule has 0 saturated carbocycles. The number of aldehydes is 1. The standard InChI is InChI=1S/C8H12O3/c1-2-3-4-5-8(10)11-7-6-9/h2-3,6H,4-5,7H2,1H3. The molecular weight excluding hydrogens is 144 g/mol. The van der Waals surface area contributed by atoms with E-state index in [2.05, 4.69) is 4.74 Å². The molecule has 0 aliphatic rings. The molecule has 0 spiro atoms. The molecule has 3 heteroatoms. The maximum atomic E-state index is 10.7. The molecular formula is C8H12O3. The van der Waals surface area contributed by atoms with E-state index in [0.717, 1.165) is 0 Å². The Morgan fingerprint density at radius 2 is 2.27 bits per heavy atom. The fourth-order valence-electron chi connectivity index (χ4n) is 0.567. The van der Waals surface area contributed by atoms with Crippen molar-refractivity contribution >= 4 is 12.3 Å². The molecule has 0 fully saturated rings. The maximum absolute atomic E-state index is 10.7. The average molecular weight is 156 g/mol. The molecule has 0 aliphatic heterocycles. The topological polar surface area (TPSA) is 43.4 Å². The smallest absolute Gasteiger partial charge is 0.306 e. The van der Waals surface area contributed by atoms with Crippen LogP contribution in [0.3, 0.4) is 0 Å². The third kappa shape index (κ3) is 6.77. The van der Waals surface area contributed by atoms with E-state index < -0.39 is 0 Å². The van der Waals surface area contributed by atoms with Gasteiger partial charge in [0.25, 0.3) is 0 Å². The number of hydrogen-bond donors (Lipinski definition) is 0. The molecule has 0 bridgehead atoms. The minimum atomic E-state index is -0.324. The maximum Gasteiger partial charge on any atom is 0.306 e. The van der Waals surface area contributed by atoms with Gasteiger partial charge in [0, 0.05) is 6.42 Å². The van der Waals surface area contributed by atoms with E-state index in [9.17, 15) is 9.59 Å². The summed E-state index contributed by atoms with van der Waals surface area (Å²) in [5.74, 6) is -0.324. The van der Waals surface area contributed by atoms with Gasteiger partial charge in [0.2, 0.25) is 0 Å². The van der Waals surface area contributed by atoms with Gasteiger partial charge in [-0.05, 0) is 13.3 Å². The first-order valence-electron chi connectivity index (χ1n) is 3.51. The van der Waals surface area contributed by atoms with Gasteiger partial charge in [-0.1, -0.05) is 12.2 Å². The normalized spacial score (nSPS) is 9.91. The van der Waals surface area contributed by atoms with Crippen molar-refractivity contribution < 1.29 is 14.3 Å². The van der Waals surface area contributed by atoms with Crippen LogP contribution in [0.15, 0.2) is 12.2 Å². The third-order valence-corrected chi connectivity index (χ3v) is 1.06. The molecule has 0 radical (unpaired) electrons. The van der Waals surface area contributed by atoms with E-state index in [1.54, 1.807) is 0 Å². The predicted octanol–water partition coefficient (Wildman–Crippen LogP) is 1.08. The zero-order valence-electron chi connectivity index (χ0n) is 6.58. The summed E-state index contributed by atoms with van der Waals surface area (Å²) < 4.78 is 4.50. The summed E-state index contributed by atoms with van der Waals surface area (Å²) in [6.45, 7) is 1.76. The lowest BCUT2D eigenvalue weighted by molar-refractivity contribution is -0.145. The van der Waals surface area contributed by atoms with Gasteiger partial charge in [0.05, 0.1) is 0 Å². The summed E-state index contributed by atoms with van der Waals surface area (Å²) in [7, 11) is 0. The van der Waals surface area contributed by atoms with Gasteiger partial charge in [0.1, 0.15) is 6.61 Å². The van der Waals surface area contributed by atoms with Crippen LogP contribution in [0, 0.1) is 0 Å². The number of carbonyl (C=O) groups is 2. The minimum absolute atomic E-state index is 0.130. The van der Waals surface area contributed by atoms with E-state index in [4.69, 9.17) is 0 Å². The Bertz CT molecular complexity index is 149. The zero-order chi connectivity index (χ0) is 8.53. The predicted molar refractivity (Wildman–Crippen MR) is 41.1 cm³/mol. The average Bonchev–Trinajstić information content (AvgIpc) is 2.01. The van der Waals surface area contributed by atoms with E-state index in [-0.39, 0.29) is 12.6 Å². The van der Waals surface area contributed by atoms with E-state index >= 15 is 0 Å². The van der Waals surface area contributed by atoms with Crippen LogP contribution in [-0.2, 0) is 14.3 Å². The first kappa shape index (κ1) is 9.88. The molecule has 0 aromatic heterocycles. The lowest BCUT2D eigenvalue weighted by Crippen LogP contribution is -2.05. The molecule has 0 aromatic rings. The van der Waals surface area contributed by atoms with Crippen molar-refractivity contribution in [3.8, 4) is 0 Å². The fraction of sp³-hybridized carbons (Fsp3) is 0.500. The Morgan fingerprint density at radius 3 is 2.82 bits per heavy atom. The molecule has 3 nitrogen and oxygen atoms in total. The molecule has 0 saturated heterocycles. The van der Waals surface area contributed by atoms with Crippen LogP contribution in [0.2, 0.25) is 0 Å². The highest BCUT2D eigenvalue weighted by molar-refractivity contribution is 5.71. The minimum Gasteiger partial charge on any atom is -0.458 e. The molecule has 0 aromatic carbocycles. The van der Waals surface area contributed by atoms with Crippen LogP contribution in [-0.4, -0.2) is 18.9 Å². The molecule has 0 unspecified atom stereocenters. The second-order valence-corrected chi connectivity index (χ2v) is 1.96. The van der Waals surface area contributed by atoms with Gasteiger partial charge in [-0.3, -0.25) is 9.59 Å². The van der Waals surface area contributed by atoms with Crippen LogP contribution < -0.4 is 0 Å². The molecule has 0 aliphatic carbocycles. The van der Waals surface area contributed by atoms with Gasteiger partial charge >= 0.3 is 5.97 Å². The Morgan fingerprint density at radius 1 is 1.55 bits per heavy atom. The summed E-state index contributed by atoms with van der Waals surface area (Å²) in [4.78, 5) is 20.4. The van der Waals surface area contributed by atoms with E-state index in [1.807, 2.05) is 19.1 Å². The van der Waals surface area contributed by atoms with Crippen molar-refractivity contribution in [2.75, 3.05) is 6.61 Å². The molecule has 0 N–H and O–H groups in total. The monoisotopic (exact) mass is 156 g/mol. The first-order chi connectivity index (χ1) is 5.31. The van der Waals surface area contributed by atoms with Gasteiger partial charge in [0.15, 0.2) is 6.29 Å². The SMILES string of the molecule is CC=CCCC(=O)OCC=O. The molecule has 0 rings (SSSR count). The van der Waals surface area contributed by atoms with Crippen LogP contribution in [0.1, 0.15) is 19.8 Å². The molecule has 11 heavy (non-hydrogen) atoms. The molecule has 0 heterocycles. The van der Waals surface area contributed by atoms with Crippen molar-refractivity contribution in [1.82, 2.24) is 0 Å². The second-order valence-electron chi connectivity index (χ2n) is 1.96. The van der Waals surface area contributed by atoms with Crippen LogP contribution in [0.4, 0.5) is 0 Å². The summed E-state index contributed by atoms with van der Waals surface area (Å²) in [6, 6.07) is 0. The molecule has 0 amide bonds. The fourth-order valence-corrected chi connectivity index (χ4v) is 0.567. The van der Waals surface area contributed by atoms with Crippen LogP contribution in [0.25, 0.3) is 0 Å². The highest BCUT2D eigenvalue weighted by atomic mass is 16.5. The molecule has 0 atom stereocenters. The summed E-state index contributed by atoms with van der Waals surface area (Å²) in [5, 5.41) is 0. The quantitative estimate of drug-likeness (QED) is 0.340. The number of hydrogen-bond acceptors (Lipinski definition) is 3. The number of esters is 1. The third-order valence-electron chi connectivity index (χ3n) is 1.06. The van der Waals surface area contributed by atoms with Crippen molar-refractivity contribution in [3.05, 3.63) is 12.2 Å². The lowest BCUT2D eigenvalue weighted by atomic mass is 10.3. The highest BCUT2D eigenvalue weighted by Gasteiger charge is 1.98. The number of allylic oxidation sites excluding steroid dienone is 2. The van der Waals surface area contributed by atoms with Crippen LogP contribution in [0.5, 0.6) is 0 Å². The van der Waals surface area contributed by atoms with Gasteiger partial charge < -0.3 is 4.74 Å². The Kier molecular flexibility index (Phi) is 6.28. The Labute approximate surface area is 66.0 Å². The first-order valence-corrected chi connectivity index (χ1v) is 3.51. The lowest BCUT2D eigenvalue weighted by Gasteiger charge is -1.96. The second kappa shape index (κ2) is 6.99. The van der Waals surface area contributed by atoms with Gasteiger partial charge in [-0.25, -0.2) is 0 Å². The number of rotatable bonds is 5. The Balaban J connectivity index is 3.29. The largest absolute Gasteiger partial charge is 0.458 e. The summed E-state index contributed by atoms with van der Waals surface area (Å²) in [5.41, 5.74) is 0. The molecule has 62 valence electrons. The zero-order valence-corrected chi connectivity index (χ0v) is 6.58.